The van der Waals surface area contributed by atoms with Gasteiger partial charge in [-0.15, -0.1) is 0 Å². The number of benzene rings is 1. The van der Waals surface area contributed by atoms with E-state index in [1.807, 2.05) is 0 Å². The summed E-state index contributed by atoms with van der Waals surface area (Å²) in [6.07, 6.45) is 1.51. The highest BCUT2D eigenvalue weighted by atomic mass is 19.1. The van der Waals surface area contributed by atoms with Gasteiger partial charge in [-0.1, -0.05) is 0 Å². The van der Waals surface area contributed by atoms with Crippen LogP contribution in [0.15, 0.2) is 18.3 Å². The van der Waals surface area contributed by atoms with Crippen LogP contribution < -0.4 is 5.73 Å². The van der Waals surface area contributed by atoms with Gasteiger partial charge in [0.25, 0.3) is 0 Å². The standard InChI is InChI=1S/C9H8FN3O2/c10-6-2-8-5(1-7(6)11)3-13(12-8)4-9(14)15/h1-3H,4,11H2,(H,14,15). The van der Waals surface area contributed by atoms with Crippen molar-refractivity contribution in [3.8, 4) is 0 Å². The number of carbonyl (C=O) groups is 1. The molecule has 1 aromatic carbocycles. The molecule has 0 aliphatic rings. The van der Waals surface area contributed by atoms with Crippen molar-refractivity contribution in [2.24, 2.45) is 0 Å². The third-order valence-electron chi connectivity index (χ3n) is 1.97. The van der Waals surface area contributed by atoms with Gasteiger partial charge in [0.2, 0.25) is 0 Å². The minimum atomic E-state index is -1.00. The van der Waals surface area contributed by atoms with Gasteiger partial charge in [-0.3, -0.25) is 9.48 Å². The van der Waals surface area contributed by atoms with E-state index in [0.717, 1.165) is 0 Å². The highest BCUT2D eigenvalue weighted by molar-refractivity contribution is 5.82. The average Bonchev–Trinajstić information content (AvgIpc) is 2.46. The van der Waals surface area contributed by atoms with Gasteiger partial charge in [-0.25, -0.2) is 4.39 Å². The summed E-state index contributed by atoms with van der Waals surface area (Å²) in [5.41, 5.74) is 5.79. The zero-order valence-corrected chi connectivity index (χ0v) is 7.64. The molecule has 1 heterocycles. The summed E-state index contributed by atoms with van der Waals surface area (Å²) in [4.78, 5) is 10.4. The fourth-order valence-corrected chi connectivity index (χ4v) is 1.33. The van der Waals surface area contributed by atoms with Crippen molar-refractivity contribution in [2.75, 3.05) is 5.73 Å². The van der Waals surface area contributed by atoms with Gasteiger partial charge >= 0.3 is 5.97 Å². The van der Waals surface area contributed by atoms with Gasteiger partial charge in [-0.2, -0.15) is 5.10 Å². The van der Waals surface area contributed by atoms with Gasteiger partial charge in [-0.05, 0) is 6.07 Å². The molecule has 2 rings (SSSR count). The lowest BCUT2D eigenvalue weighted by atomic mass is 10.2. The van der Waals surface area contributed by atoms with E-state index < -0.39 is 11.8 Å². The lowest BCUT2D eigenvalue weighted by Crippen LogP contribution is -2.08. The maximum Gasteiger partial charge on any atom is 0.325 e. The number of carboxylic acid groups (broad SMARTS) is 1. The molecule has 0 radical (unpaired) electrons. The molecule has 0 spiro atoms. The van der Waals surface area contributed by atoms with E-state index in [1.54, 1.807) is 0 Å². The van der Waals surface area contributed by atoms with Gasteiger partial charge in [0.05, 0.1) is 11.2 Å². The number of nitrogens with two attached hydrogens (primary N) is 1. The summed E-state index contributed by atoms with van der Waals surface area (Å²) in [5.74, 6) is -1.56. The Morgan fingerprint density at radius 1 is 1.60 bits per heavy atom. The van der Waals surface area contributed by atoms with Gasteiger partial charge in [0, 0.05) is 17.6 Å². The number of rotatable bonds is 2. The number of nitrogen functional groups attached to an aromatic ring is 1. The summed E-state index contributed by atoms with van der Waals surface area (Å²) in [7, 11) is 0. The van der Waals surface area contributed by atoms with Gasteiger partial charge < -0.3 is 10.8 Å². The van der Waals surface area contributed by atoms with Crippen LogP contribution in [0.4, 0.5) is 10.1 Å². The summed E-state index contributed by atoms with van der Waals surface area (Å²) < 4.78 is 14.3. The largest absolute Gasteiger partial charge is 0.480 e. The van der Waals surface area contributed by atoms with Crippen LogP contribution in [-0.4, -0.2) is 20.9 Å². The first-order valence-corrected chi connectivity index (χ1v) is 4.20. The highest BCUT2D eigenvalue weighted by Gasteiger charge is 2.07. The Morgan fingerprint density at radius 3 is 3.00 bits per heavy atom. The molecule has 0 saturated heterocycles. The fourth-order valence-electron chi connectivity index (χ4n) is 1.33. The number of nitrogens with zero attached hydrogens (tertiary/aromatic N) is 2. The Bertz CT molecular complexity index is 496. The number of hydrogen-bond donors (Lipinski definition) is 2. The van der Waals surface area contributed by atoms with Crippen molar-refractivity contribution < 1.29 is 14.3 Å². The normalized spacial score (nSPS) is 10.7. The summed E-state index contributed by atoms with van der Waals surface area (Å²) in [5, 5.41) is 13.1. The van der Waals surface area contributed by atoms with Gasteiger partial charge in [0.1, 0.15) is 12.4 Å². The summed E-state index contributed by atoms with van der Waals surface area (Å²) in [6, 6.07) is 2.61. The lowest BCUT2D eigenvalue weighted by Gasteiger charge is -1.93. The zero-order chi connectivity index (χ0) is 11.0. The smallest absolute Gasteiger partial charge is 0.325 e. The Morgan fingerprint density at radius 2 is 2.33 bits per heavy atom. The highest BCUT2D eigenvalue weighted by Crippen LogP contribution is 2.19. The quantitative estimate of drug-likeness (QED) is 0.718. The van der Waals surface area contributed by atoms with E-state index in [9.17, 15) is 9.18 Å². The molecule has 5 nitrogen and oxygen atoms in total. The average molecular weight is 209 g/mol. The first-order chi connectivity index (χ1) is 7.06. The van der Waals surface area contributed by atoms with Gasteiger partial charge in [0.15, 0.2) is 0 Å². The molecule has 2 aromatic rings. The molecule has 0 bridgehead atoms. The van der Waals surface area contributed by atoms with Crippen molar-refractivity contribution in [1.82, 2.24) is 9.78 Å². The lowest BCUT2D eigenvalue weighted by molar-refractivity contribution is -0.137. The second-order valence-electron chi connectivity index (χ2n) is 3.15. The summed E-state index contributed by atoms with van der Waals surface area (Å²) in [6.45, 7) is -0.254. The number of halogens is 1. The molecule has 0 atom stereocenters. The molecular weight excluding hydrogens is 201 g/mol. The molecular formula is C9H8FN3O2. The maximum atomic E-state index is 13.0. The van der Waals surface area contributed by atoms with Crippen molar-refractivity contribution in [3.63, 3.8) is 0 Å². The van der Waals surface area contributed by atoms with E-state index >= 15 is 0 Å². The van der Waals surface area contributed by atoms with E-state index in [0.29, 0.717) is 10.9 Å². The monoisotopic (exact) mass is 209 g/mol. The van der Waals surface area contributed by atoms with Crippen molar-refractivity contribution in [3.05, 3.63) is 24.1 Å². The molecule has 0 fully saturated rings. The molecule has 3 N–H and O–H groups in total. The van der Waals surface area contributed by atoms with Crippen LogP contribution >= 0.6 is 0 Å². The topological polar surface area (TPSA) is 81.1 Å². The Balaban J connectivity index is 2.51. The third-order valence-corrected chi connectivity index (χ3v) is 1.97. The minimum absolute atomic E-state index is 0.0253. The number of fused-ring (bicyclic) bond motifs is 1. The van der Waals surface area contributed by atoms with Crippen LogP contribution in [-0.2, 0) is 11.3 Å². The van der Waals surface area contributed by atoms with Crippen LogP contribution in [0.1, 0.15) is 0 Å². The molecule has 0 aliphatic carbocycles. The Kier molecular flexibility index (Phi) is 2.03. The number of anilines is 1. The third kappa shape index (κ3) is 1.74. The molecule has 0 saturated carbocycles. The molecule has 0 aliphatic heterocycles. The maximum absolute atomic E-state index is 13.0. The van der Waals surface area contributed by atoms with E-state index in [2.05, 4.69) is 5.10 Å². The van der Waals surface area contributed by atoms with Crippen LogP contribution in [0.3, 0.4) is 0 Å². The number of hydrogen-bond acceptors (Lipinski definition) is 3. The molecule has 1 aromatic heterocycles. The SMILES string of the molecule is Nc1cc2cn(CC(=O)O)nc2cc1F. The predicted molar refractivity (Wildman–Crippen MR) is 51.7 cm³/mol. The summed E-state index contributed by atoms with van der Waals surface area (Å²) >= 11 is 0. The van der Waals surface area contributed by atoms with E-state index in [-0.39, 0.29) is 12.2 Å². The van der Waals surface area contributed by atoms with Crippen LogP contribution in [0, 0.1) is 5.82 Å². The number of aliphatic carboxylic acids is 1. The first kappa shape index (κ1) is 9.45. The number of carboxylic acids is 1. The molecule has 0 amide bonds. The Hall–Kier alpha value is -2.11. The fraction of sp³-hybridized carbons (Fsp3) is 0.111. The minimum Gasteiger partial charge on any atom is -0.480 e. The number of aromatic nitrogens is 2. The second kappa shape index (κ2) is 3.23. The second-order valence-corrected chi connectivity index (χ2v) is 3.15. The predicted octanol–water partition coefficient (Wildman–Crippen LogP) is 0.842. The molecule has 78 valence electrons. The van der Waals surface area contributed by atoms with Crippen LogP contribution in [0.2, 0.25) is 0 Å². The van der Waals surface area contributed by atoms with Crippen molar-refractivity contribution in [2.45, 2.75) is 6.54 Å². The van der Waals surface area contributed by atoms with Crippen molar-refractivity contribution in [1.29, 1.82) is 0 Å². The molecule has 15 heavy (non-hydrogen) atoms. The molecule has 6 heteroatoms. The molecule has 0 unspecified atom stereocenters. The van der Waals surface area contributed by atoms with E-state index in [4.69, 9.17) is 10.8 Å². The van der Waals surface area contributed by atoms with Crippen LogP contribution in [0.25, 0.3) is 10.9 Å². The van der Waals surface area contributed by atoms with Crippen molar-refractivity contribution >= 4 is 22.6 Å². The first-order valence-electron chi connectivity index (χ1n) is 4.20. The van der Waals surface area contributed by atoms with E-state index in [1.165, 1.54) is 23.0 Å². The Labute approximate surface area is 83.9 Å². The van der Waals surface area contributed by atoms with Crippen LogP contribution in [0.5, 0.6) is 0 Å². The zero-order valence-electron chi connectivity index (χ0n) is 7.64.